The monoisotopic (exact) mass is 738 g/mol. The molecule has 1 amide bonds. The predicted molar refractivity (Wildman–Crippen MR) is 211 cm³/mol. The van der Waals surface area contributed by atoms with Gasteiger partial charge in [0.15, 0.2) is 11.5 Å². The van der Waals surface area contributed by atoms with Gasteiger partial charge < -0.3 is 28.6 Å². The molecule has 3 aliphatic rings. The van der Waals surface area contributed by atoms with Crippen LogP contribution in [0.4, 0.5) is 0 Å². The Balaban J connectivity index is 1.23. The second kappa shape index (κ2) is 18.8. The number of esters is 1. The van der Waals surface area contributed by atoms with Crippen LogP contribution >= 0.6 is 0 Å². The van der Waals surface area contributed by atoms with Crippen molar-refractivity contribution in [1.29, 1.82) is 0 Å². The van der Waals surface area contributed by atoms with Gasteiger partial charge in [-0.1, -0.05) is 48.6 Å². The summed E-state index contributed by atoms with van der Waals surface area (Å²) in [6.45, 7) is 11.4. The Morgan fingerprint density at radius 1 is 0.870 bits per heavy atom. The lowest BCUT2D eigenvalue weighted by Crippen LogP contribution is -2.45. The number of morpholine rings is 1. The summed E-state index contributed by atoms with van der Waals surface area (Å²) >= 11 is 0. The van der Waals surface area contributed by atoms with Gasteiger partial charge in [0.05, 0.1) is 33.4 Å². The highest BCUT2D eigenvalue weighted by molar-refractivity contribution is 5.90. The molecule has 0 spiro atoms. The number of amides is 1. The number of aryl methyl sites for hydroxylation is 4. The molecule has 0 bridgehead atoms. The first-order valence-electron chi connectivity index (χ1n) is 19.7. The number of allylic oxidation sites excluding steroid dienone is 2. The van der Waals surface area contributed by atoms with Crippen LogP contribution in [0.1, 0.15) is 83.9 Å². The molecule has 0 N–H and O–H groups in total. The number of benzene rings is 3. The lowest BCUT2D eigenvalue weighted by Gasteiger charge is -2.33. The number of carbonyl (C=O) groups excluding carboxylic acids is 2. The molecule has 9 nitrogen and oxygen atoms in total. The molecule has 3 aromatic rings. The van der Waals surface area contributed by atoms with Gasteiger partial charge in [0.1, 0.15) is 24.5 Å². The molecule has 0 radical (unpaired) electrons. The Labute approximate surface area is 321 Å². The number of nitrogens with zero attached hydrogens (tertiary/aromatic N) is 2. The molecule has 1 aliphatic carbocycles. The van der Waals surface area contributed by atoms with Crippen molar-refractivity contribution in [2.24, 2.45) is 5.92 Å². The van der Waals surface area contributed by atoms with E-state index in [-0.39, 0.29) is 17.8 Å². The Bertz CT molecular complexity index is 1770. The molecule has 0 aromatic heterocycles. The van der Waals surface area contributed by atoms with Crippen molar-refractivity contribution in [2.45, 2.75) is 83.8 Å². The smallest absolute Gasteiger partial charge is 0.329 e. The standard InChI is InChI=1S/C45H58N2O7/c1-31-16-17-34(27-32(31)2)18-19-40(36-13-9-14-38(29-36)53-26-23-46-21-24-52-25-22-46)54-45(49)39-15-10-20-47(39)44(48)42(35-11-7-6-8-12-35)37-28-33(3)43(51-5)41(30-37)50-4/h7,9,11,13-14,16-17,27-30,35,39-40,42H,6,8,10,12,15,18-26H2,1-5H3/t35-,39+,40?,42+/m1/s1. The fraction of sp³-hybridized carbons (Fsp3) is 0.511. The van der Waals surface area contributed by atoms with E-state index in [0.717, 1.165) is 87.4 Å². The third kappa shape index (κ3) is 9.66. The zero-order valence-electron chi connectivity index (χ0n) is 32.8. The summed E-state index contributed by atoms with van der Waals surface area (Å²) in [5.74, 6) is 1.16. The lowest BCUT2D eigenvalue weighted by molar-refractivity contribution is -0.159. The molecule has 54 heavy (non-hydrogen) atoms. The van der Waals surface area contributed by atoms with E-state index in [9.17, 15) is 9.59 Å². The molecule has 2 fully saturated rings. The summed E-state index contributed by atoms with van der Waals surface area (Å²) in [5.41, 5.74) is 6.35. The van der Waals surface area contributed by atoms with Crippen molar-refractivity contribution < 1.29 is 33.3 Å². The average molecular weight is 739 g/mol. The molecule has 3 aromatic carbocycles. The van der Waals surface area contributed by atoms with Crippen molar-refractivity contribution in [2.75, 3.05) is 60.2 Å². The summed E-state index contributed by atoms with van der Waals surface area (Å²) in [7, 11) is 3.25. The molecule has 0 saturated carbocycles. The number of carbonyl (C=O) groups is 2. The Hall–Kier alpha value is -4.34. The summed E-state index contributed by atoms with van der Waals surface area (Å²) in [4.78, 5) is 33.3. The van der Waals surface area contributed by atoms with Gasteiger partial charge in [0, 0.05) is 26.2 Å². The molecule has 2 aliphatic heterocycles. The third-order valence-electron chi connectivity index (χ3n) is 11.4. The Morgan fingerprint density at radius 2 is 1.70 bits per heavy atom. The number of likely N-dealkylation sites (tertiary alicyclic amines) is 1. The second-order valence-corrected chi connectivity index (χ2v) is 15.0. The minimum Gasteiger partial charge on any atom is -0.493 e. The van der Waals surface area contributed by atoms with Crippen LogP contribution in [0.2, 0.25) is 0 Å². The van der Waals surface area contributed by atoms with Crippen molar-refractivity contribution >= 4 is 11.9 Å². The highest BCUT2D eigenvalue weighted by Gasteiger charge is 2.42. The maximum absolute atomic E-state index is 14.8. The number of rotatable bonds is 15. The van der Waals surface area contributed by atoms with E-state index in [4.69, 9.17) is 23.7 Å². The normalized spacial score (nSPS) is 20.0. The third-order valence-corrected chi connectivity index (χ3v) is 11.4. The van der Waals surface area contributed by atoms with E-state index < -0.39 is 18.1 Å². The molecular weight excluding hydrogens is 681 g/mol. The van der Waals surface area contributed by atoms with Crippen LogP contribution in [0.15, 0.2) is 66.7 Å². The number of ether oxygens (including phenoxy) is 5. The van der Waals surface area contributed by atoms with Crippen LogP contribution in [-0.2, 0) is 25.5 Å². The van der Waals surface area contributed by atoms with E-state index >= 15 is 0 Å². The van der Waals surface area contributed by atoms with Gasteiger partial charge >= 0.3 is 5.97 Å². The van der Waals surface area contributed by atoms with E-state index in [0.29, 0.717) is 37.5 Å². The van der Waals surface area contributed by atoms with Gasteiger partial charge in [-0.25, -0.2) is 4.79 Å². The highest BCUT2D eigenvalue weighted by atomic mass is 16.5. The van der Waals surface area contributed by atoms with Gasteiger partial charge in [-0.3, -0.25) is 9.69 Å². The maximum Gasteiger partial charge on any atom is 0.329 e. The Morgan fingerprint density at radius 3 is 2.44 bits per heavy atom. The van der Waals surface area contributed by atoms with Crippen molar-refractivity contribution in [3.63, 3.8) is 0 Å². The van der Waals surface area contributed by atoms with E-state index in [1.807, 2.05) is 43.3 Å². The van der Waals surface area contributed by atoms with Gasteiger partial charge in [0.2, 0.25) is 5.91 Å². The summed E-state index contributed by atoms with van der Waals surface area (Å²) in [6, 6.07) is 17.8. The van der Waals surface area contributed by atoms with Gasteiger partial charge in [-0.15, -0.1) is 0 Å². The molecule has 2 heterocycles. The zero-order chi connectivity index (χ0) is 38.0. The maximum atomic E-state index is 14.8. The van der Waals surface area contributed by atoms with Crippen LogP contribution in [0.5, 0.6) is 17.2 Å². The van der Waals surface area contributed by atoms with E-state index in [1.165, 1.54) is 16.7 Å². The average Bonchev–Trinajstić information content (AvgIpc) is 3.69. The molecule has 4 atom stereocenters. The molecule has 2 saturated heterocycles. The summed E-state index contributed by atoms with van der Waals surface area (Å²) < 4.78 is 29.5. The topological polar surface area (TPSA) is 86.8 Å². The molecule has 6 rings (SSSR count). The second-order valence-electron chi connectivity index (χ2n) is 15.0. The van der Waals surface area contributed by atoms with Crippen molar-refractivity contribution in [3.05, 3.63) is 100 Å². The van der Waals surface area contributed by atoms with Crippen molar-refractivity contribution in [3.8, 4) is 17.2 Å². The SMILES string of the molecule is COc1cc([C@@H](C(=O)N2CCC[C@H]2C(=O)OC(CCc2ccc(C)c(C)c2)c2cccc(OCCN3CCOCC3)c2)[C@@H]2C=CCCC2)cc(C)c1OC. The predicted octanol–water partition coefficient (Wildman–Crippen LogP) is 7.69. The van der Waals surface area contributed by atoms with Gasteiger partial charge in [-0.2, -0.15) is 0 Å². The van der Waals surface area contributed by atoms with Gasteiger partial charge in [0.25, 0.3) is 0 Å². The molecule has 9 heteroatoms. The van der Waals surface area contributed by atoms with Crippen LogP contribution in [0.3, 0.4) is 0 Å². The number of hydrogen-bond acceptors (Lipinski definition) is 8. The van der Waals surface area contributed by atoms with E-state index in [1.54, 1.807) is 19.1 Å². The fourth-order valence-corrected chi connectivity index (χ4v) is 8.20. The van der Waals surface area contributed by atoms with Crippen LogP contribution in [0, 0.1) is 26.7 Å². The largest absolute Gasteiger partial charge is 0.493 e. The number of methoxy groups -OCH3 is 2. The minimum atomic E-state index is -0.661. The first-order valence-corrected chi connectivity index (χ1v) is 19.7. The molecule has 290 valence electrons. The van der Waals surface area contributed by atoms with E-state index in [2.05, 4.69) is 49.1 Å². The lowest BCUT2D eigenvalue weighted by atomic mass is 9.79. The Kier molecular flexibility index (Phi) is 13.7. The summed E-state index contributed by atoms with van der Waals surface area (Å²) in [6.07, 6.45) is 9.42. The van der Waals surface area contributed by atoms with Crippen molar-refractivity contribution in [1.82, 2.24) is 9.80 Å². The van der Waals surface area contributed by atoms with Crippen LogP contribution < -0.4 is 14.2 Å². The zero-order valence-corrected chi connectivity index (χ0v) is 32.8. The van der Waals surface area contributed by atoms with Crippen LogP contribution in [0.25, 0.3) is 0 Å². The fourth-order valence-electron chi connectivity index (χ4n) is 8.20. The quantitative estimate of drug-likeness (QED) is 0.116. The summed E-state index contributed by atoms with van der Waals surface area (Å²) in [5, 5.41) is 0. The molecule has 1 unspecified atom stereocenters. The van der Waals surface area contributed by atoms with Gasteiger partial charge in [-0.05, 0) is 123 Å². The molecular formula is C45H58N2O7. The highest BCUT2D eigenvalue weighted by Crippen LogP contribution is 2.41. The number of hydrogen-bond donors (Lipinski definition) is 0. The first kappa shape index (κ1) is 39.4. The van der Waals surface area contributed by atoms with Crippen LogP contribution in [-0.4, -0.2) is 87.9 Å². The minimum absolute atomic E-state index is 0.0118. The first-order chi connectivity index (χ1) is 26.2.